The summed E-state index contributed by atoms with van der Waals surface area (Å²) in [6.07, 6.45) is 1.70. The molecular formula is C17H11I2NO3. The molecular weight excluding hydrogens is 520 g/mol. The van der Waals surface area contributed by atoms with Gasteiger partial charge < -0.3 is 9.47 Å². The molecule has 0 saturated heterocycles. The summed E-state index contributed by atoms with van der Waals surface area (Å²) in [6.45, 7) is 0. The van der Waals surface area contributed by atoms with Gasteiger partial charge in [-0.3, -0.25) is 0 Å². The quantitative estimate of drug-likeness (QED) is 0.339. The Labute approximate surface area is 160 Å². The van der Waals surface area contributed by atoms with E-state index in [-0.39, 0.29) is 5.70 Å². The highest BCUT2D eigenvalue weighted by atomic mass is 127. The van der Waals surface area contributed by atoms with Gasteiger partial charge in [-0.05, 0) is 75.5 Å². The van der Waals surface area contributed by atoms with Crippen molar-refractivity contribution in [2.75, 3.05) is 7.11 Å². The van der Waals surface area contributed by atoms with Crippen molar-refractivity contribution in [3.05, 3.63) is 66.4 Å². The average Bonchev–Trinajstić information content (AvgIpc) is 2.89. The number of esters is 1. The molecule has 1 heterocycles. The zero-order chi connectivity index (χ0) is 16.4. The van der Waals surface area contributed by atoms with Crippen LogP contribution in [0.2, 0.25) is 0 Å². The number of hydrogen-bond donors (Lipinski definition) is 0. The van der Waals surface area contributed by atoms with E-state index in [1.54, 1.807) is 13.2 Å². The molecule has 2 aromatic carbocycles. The maximum atomic E-state index is 12.1. The van der Waals surface area contributed by atoms with Crippen LogP contribution in [0.15, 0.2) is 53.2 Å². The second-order valence-electron chi connectivity index (χ2n) is 4.71. The Balaban J connectivity index is 2.03. The lowest BCUT2D eigenvalue weighted by atomic mass is 10.1. The highest BCUT2D eigenvalue weighted by Crippen LogP contribution is 2.31. The van der Waals surface area contributed by atoms with Crippen LogP contribution in [0.25, 0.3) is 6.08 Å². The molecule has 116 valence electrons. The number of halogens is 2. The monoisotopic (exact) mass is 531 g/mol. The van der Waals surface area contributed by atoms with Gasteiger partial charge in [-0.25, -0.2) is 9.79 Å². The third-order valence-electron chi connectivity index (χ3n) is 3.17. The molecule has 4 nitrogen and oxygen atoms in total. The van der Waals surface area contributed by atoms with Gasteiger partial charge in [-0.2, -0.15) is 0 Å². The Morgan fingerprint density at radius 3 is 2.61 bits per heavy atom. The Morgan fingerprint density at radius 1 is 1.17 bits per heavy atom. The van der Waals surface area contributed by atoms with E-state index in [0.717, 1.165) is 24.0 Å². The van der Waals surface area contributed by atoms with E-state index in [2.05, 4.69) is 50.2 Å². The van der Waals surface area contributed by atoms with Crippen LogP contribution in [0.5, 0.6) is 5.75 Å². The number of aliphatic imine (C=N–C) groups is 1. The Morgan fingerprint density at radius 2 is 1.91 bits per heavy atom. The summed E-state index contributed by atoms with van der Waals surface area (Å²) in [4.78, 5) is 16.4. The van der Waals surface area contributed by atoms with Gasteiger partial charge >= 0.3 is 5.97 Å². The Kier molecular flexibility index (Phi) is 5.00. The number of ether oxygens (including phenoxy) is 2. The number of methoxy groups -OCH3 is 1. The van der Waals surface area contributed by atoms with Gasteiger partial charge in [0.2, 0.25) is 5.90 Å². The molecule has 0 aromatic heterocycles. The number of benzene rings is 2. The van der Waals surface area contributed by atoms with Crippen LogP contribution in [0.3, 0.4) is 0 Å². The van der Waals surface area contributed by atoms with Crippen molar-refractivity contribution in [1.82, 2.24) is 0 Å². The maximum absolute atomic E-state index is 12.1. The molecule has 2 aromatic rings. The lowest BCUT2D eigenvalue weighted by molar-refractivity contribution is -0.129. The highest BCUT2D eigenvalue weighted by molar-refractivity contribution is 14.1. The van der Waals surface area contributed by atoms with Gasteiger partial charge in [0.25, 0.3) is 0 Å². The van der Waals surface area contributed by atoms with E-state index in [4.69, 9.17) is 9.47 Å². The zero-order valence-corrected chi connectivity index (χ0v) is 16.4. The fourth-order valence-electron chi connectivity index (χ4n) is 2.16. The van der Waals surface area contributed by atoms with E-state index in [1.807, 2.05) is 42.5 Å². The molecule has 0 fully saturated rings. The Hall–Kier alpha value is -1.42. The van der Waals surface area contributed by atoms with Crippen LogP contribution in [0.1, 0.15) is 11.1 Å². The molecule has 0 saturated carbocycles. The van der Waals surface area contributed by atoms with Crippen molar-refractivity contribution in [3.63, 3.8) is 0 Å². The van der Waals surface area contributed by atoms with Crippen LogP contribution in [-0.4, -0.2) is 19.0 Å². The van der Waals surface area contributed by atoms with Crippen LogP contribution in [0, 0.1) is 7.14 Å². The SMILES string of the molecule is COc1c(I)cc(I)cc1/C=C1\N=C(c2ccccc2)OC1=O. The van der Waals surface area contributed by atoms with Gasteiger partial charge in [0.05, 0.1) is 10.7 Å². The number of rotatable bonds is 3. The molecule has 1 aliphatic rings. The number of hydrogen-bond acceptors (Lipinski definition) is 4. The first-order chi connectivity index (χ1) is 11.1. The summed E-state index contributed by atoms with van der Waals surface area (Å²) in [5.74, 6) is 0.579. The first-order valence-corrected chi connectivity index (χ1v) is 8.85. The third-order valence-corrected chi connectivity index (χ3v) is 4.60. The fraction of sp³-hybridized carbons (Fsp3) is 0.0588. The third kappa shape index (κ3) is 3.57. The lowest BCUT2D eigenvalue weighted by Crippen LogP contribution is -2.05. The summed E-state index contributed by atoms with van der Waals surface area (Å²) < 4.78 is 12.7. The molecule has 6 heteroatoms. The normalized spacial score (nSPS) is 15.5. The topological polar surface area (TPSA) is 47.9 Å². The van der Waals surface area contributed by atoms with Crippen LogP contribution in [0.4, 0.5) is 0 Å². The molecule has 0 bridgehead atoms. The van der Waals surface area contributed by atoms with Gasteiger partial charge in [0.1, 0.15) is 5.75 Å². The summed E-state index contributed by atoms with van der Waals surface area (Å²) >= 11 is 4.43. The number of nitrogens with zero attached hydrogens (tertiary/aromatic N) is 1. The molecule has 1 aliphatic heterocycles. The van der Waals surface area contributed by atoms with E-state index in [0.29, 0.717) is 5.90 Å². The second-order valence-corrected chi connectivity index (χ2v) is 7.12. The van der Waals surface area contributed by atoms with Crippen molar-refractivity contribution in [3.8, 4) is 5.75 Å². The number of cyclic esters (lactones) is 1. The maximum Gasteiger partial charge on any atom is 0.363 e. The number of carbonyl (C=O) groups is 1. The lowest BCUT2D eigenvalue weighted by Gasteiger charge is -2.08. The van der Waals surface area contributed by atoms with Crippen LogP contribution < -0.4 is 4.74 Å². The van der Waals surface area contributed by atoms with E-state index in [9.17, 15) is 4.79 Å². The molecule has 0 aliphatic carbocycles. The van der Waals surface area contributed by atoms with Crippen LogP contribution >= 0.6 is 45.2 Å². The smallest absolute Gasteiger partial charge is 0.363 e. The predicted molar refractivity (Wildman–Crippen MR) is 105 cm³/mol. The molecule has 0 N–H and O–H groups in total. The van der Waals surface area contributed by atoms with Crippen molar-refractivity contribution < 1.29 is 14.3 Å². The zero-order valence-electron chi connectivity index (χ0n) is 12.0. The molecule has 3 rings (SSSR count). The van der Waals surface area contributed by atoms with E-state index < -0.39 is 5.97 Å². The first kappa shape index (κ1) is 16.4. The predicted octanol–water partition coefficient (Wildman–Crippen LogP) is 4.25. The summed E-state index contributed by atoms with van der Waals surface area (Å²) in [6, 6.07) is 13.3. The summed E-state index contributed by atoms with van der Waals surface area (Å²) in [5, 5.41) is 0. The minimum atomic E-state index is -0.459. The van der Waals surface area contributed by atoms with Crippen molar-refractivity contribution in [1.29, 1.82) is 0 Å². The first-order valence-electron chi connectivity index (χ1n) is 6.69. The molecule has 0 spiro atoms. The van der Waals surface area contributed by atoms with Crippen LogP contribution in [-0.2, 0) is 9.53 Å². The van der Waals surface area contributed by atoms with Gasteiger partial charge in [0, 0.05) is 14.7 Å². The van der Waals surface area contributed by atoms with Crippen molar-refractivity contribution in [2.24, 2.45) is 4.99 Å². The second kappa shape index (κ2) is 7.00. The number of carbonyl (C=O) groups excluding carboxylic acids is 1. The Bertz CT molecular complexity index is 829. The molecule has 0 unspecified atom stereocenters. The fourth-order valence-corrected chi connectivity index (χ4v) is 4.27. The van der Waals surface area contributed by atoms with E-state index >= 15 is 0 Å². The standard InChI is InChI=1S/C17H11I2NO3/c1-22-15-11(7-12(18)9-13(15)19)8-14-17(21)23-16(20-14)10-5-3-2-4-6-10/h2-9H,1H3/b14-8-. The highest BCUT2D eigenvalue weighted by Gasteiger charge is 2.24. The molecule has 23 heavy (non-hydrogen) atoms. The van der Waals surface area contributed by atoms with Crippen molar-refractivity contribution >= 4 is 63.1 Å². The van der Waals surface area contributed by atoms with Gasteiger partial charge in [-0.15, -0.1) is 0 Å². The minimum Gasteiger partial charge on any atom is -0.495 e. The molecule has 0 atom stereocenters. The summed E-state index contributed by atoms with van der Waals surface area (Å²) in [5.41, 5.74) is 1.84. The van der Waals surface area contributed by atoms with E-state index in [1.165, 1.54) is 0 Å². The van der Waals surface area contributed by atoms with Gasteiger partial charge in [0.15, 0.2) is 5.70 Å². The molecule has 0 amide bonds. The van der Waals surface area contributed by atoms with Crippen molar-refractivity contribution in [2.45, 2.75) is 0 Å². The average molecular weight is 531 g/mol. The largest absolute Gasteiger partial charge is 0.495 e. The molecule has 0 radical (unpaired) electrons. The summed E-state index contributed by atoms with van der Waals surface area (Å²) in [7, 11) is 1.61. The minimum absolute atomic E-state index is 0.264. The van der Waals surface area contributed by atoms with Gasteiger partial charge in [-0.1, -0.05) is 18.2 Å².